The van der Waals surface area contributed by atoms with Crippen LogP contribution in [0.3, 0.4) is 0 Å². The summed E-state index contributed by atoms with van der Waals surface area (Å²) in [5.41, 5.74) is 1.09. The number of anilines is 1. The predicted molar refractivity (Wildman–Crippen MR) is 89.5 cm³/mol. The zero-order valence-electron chi connectivity index (χ0n) is 14.4. The van der Waals surface area contributed by atoms with Crippen molar-refractivity contribution in [2.75, 3.05) is 4.90 Å². The largest absolute Gasteiger partial charge is 0.443 e. The molecule has 1 saturated carbocycles. The van der Waals surface area contributed by atoms with Crippen molar-refractivity contribution in [3.05, 3.63) is 23.5 Å². The smallest absolute Gasteiger partial charge is 0.416 e. The van der Waals surface area contributed by atoms with Crippen LogP contribution in [0.5, 0.6) is 0 Å². The van der Waals surface area contributed by atoms with Crippen LogP contribution in [0, 0.1) is 0 Å². The van der Waals surface area contributed by atoms with E-state index in [9.17, 15) is 9.59 Å². The molecule has 1 aliphatic carbocycles. The second-order valence-corrected chi connectivity index (χ2v) is 6.99. The number of ether oxygens (including phenoxy) is 1. The van der Waals surface area contributed by atoms with Crippen molar-refractivity contribution in [3.8, 4) is 0 Å². The second kappa shape index (κ2) is 5.89. The summed E-state index contributed by atoms with van der Waals surface area (Å²) in [6.45, 7) is 7.50. The Balaban J connectivity index is 2.12. The van der Waals surface area contributed by atoms with E-state index in [2.05, 4.69) is 10.1 Å². The normalized spacial score (nSPS) is 14.7. The lowest BCUT2D eigenvalue weighted by molar-refractivity contribution is 0.0576. The summed E-state index contributed by atoms with van der Waals surface area (Å²) in [6, 6.07) is 1.94. The zero-order chi connectivity index (χ0) is 17.5. The maximum absolute atomic E-state index is 12.7. The lowest BCUT2D eigenvalue weighted by Crippen LogP contribution is -2.39. The van der Waals surface area contributed by atoms with Gasteiger partial charge in [-0.15, -0.1) is 0 Å². The number of hydrogen-bond donors (Lipinski definition) is 0. The highest BCUT2D eigenvalue weighted by atomic mass is 16.6. The topological polar surface area (TPSA) is 76.8 Å². The van der Waals surface area contributed by atoms with Crippen LogP contribution in [0.25, 0.3) is 5.65 Å². The predicted octanol–water partition coefficient (Wildman–Crippen LogP) is 3.01. The van der Waals surface area contributed by atoms with Crippen LogP contribution >= 0.6 is 0 Å². The summed E-state index contributed by atoms with van der Waals surface area (Å²) in [5.74, 6) is 0.599. The quantitative estimate of drug-likeness (QED) is 0.805. The molecule has 2 aromatic heterocycles. The number of carbonyl (C=O) groups is 2. The second-order valence-electron chi connectivity index (χ2n) is 6.99. The summed E-state index contributed by atoms with van der Waals surface area (Å²) >= 11 is 0. The number of aromatic nitrogens is 3. The first-order valence-electron chi connectivity index (χ1n) is 8.19. The van der Waals surface area contributed by atoms with Gasteiger partial charge in [-0.05, 0) is 40.0 Å². The average Bonchev–Trinajstić information content (AvgIpc) is 3.24. The molecule has 0 unspecified atom stereocenters. The van der Waals surface area contributed by atoms with Gasteiger partial charge in [0.25, 0.3) is 0 Å². The Morgan fingerprint density at radius 2 is 2.17 bits per heavy atom. The Labute approximate surface area is 140 Å². The number of aldehydes is 1. The molecule has 128 valence electrons. The molecule has 0 N–H and O–H groups in total. The first-order chi connectivity index (χ1) is 11.3. The van der Waals surface area contributed by atoms with Crippen molar-refractivity contribution in [2.45, 2.75) is 58.6 Å². The van der Waals surface area contributed by atoms with Gasteiger partial charge in [-0.2, -0.15) is 9.61 Å². The minimum absolute atomic E-state index is 0.0963. The molecule has 0 spiro atoms. The fourth-order valence-corrected chi connectivity index (χ4v) is 2.52. The van der Waals surface area contributed by atoms with Gasteiger partial charge in [-0.3, -0.25) is 9.69 Å². The van der Waals surface area contributed by atoms with Gasteiger partial charge in [0.05, 0.1) is 11.8 Å². The minimum Gasteiger partial charge on any atom is -0.443 e. The van der Waals surface area contributed by atoms with Gasteiger partial charge in [0.1, 0.15) is 11.4 Å². The van der Waals surface area contributed by atoms with E-state index >= 15 is 0 Å². The molecule has 7 nitrogen and oxygen atoms in total. The third kappa shape index (κ3) is 3.11. The fraction of sp³-hybridized carbons (Fsp3) is 0.529. The van der Waals surface area contributed by atoms with E-state index in [-0.39, 0.29) is 6.04 Å². The molecular formula is C17H22N4O3. The fourth-order valence-electron chi connectivity index (χ4n) is 2.52. The molecule has 0 aromatic carbocycles. The third-order valence-electron chi connectivity index (χ3n) is 3.77. The summed E-state index contributed by atoms with van der Waals surface area (Å²) in [7, 11) is 0. The van der Waals surface area contributed by atoms with E-state index in [1.807, 2.05) is 33.8 Å². The molecule has 0 bridgehead atoms. The Bertz CT molecular complexity index is 787. The van der Waals surface area contributed by atoms with E-state index in [1.165, 1.54) is 6.20 Å². The molecule has 3 rings (SSSR count). The summed E-state index contributed by atoms with van der Waals surface area (Å²) in [6.07, 6.45) is 4.34. The third-order valence-corrected chi connectivity index (χ3v) is 3.77. The molecule has 1 fully saturated rings. The number of rotatable bonds is 4. The van der Waals surface area contributed by atoms with E-state index in [0.717, 1.165) is 24.8 Å². The van der Waals surface area contributed by atoms with Crippen LogP contribution < -0.4 is 4.90 Å². The Morgan fingerprint density at radius 3 is 2.71 bits per heavy atom. The van der Waals surface area contributed by atoms with Crippen molar-refractivity contribution < 1.29 is 14.3 Å². The van der Waals surface area contributed by atoms with Crippen molar-refractivity contribution in [2.24, 2.45) is 0 Å². The van der Waals surface area contributed by atoms with Crippen LogP contribution in [0.1, 0.15) is 56.6 Å². The first-order valence-corrected chi connectivity index (χ1v) is 8.19. The van der Waals surface area contributed by atoms with Gasteiger partial charge >= 0.3 is 6.09 Å². The van der Waals surface area contributed by atoms with Gasteiger partial charge in [-0.25, -0.2) is 9.78 Å². The first kappa shape index (κ1) is 16.4. The lowest BCUT2D eigenvalue weighted by Gasteiger charge is -2.27. The molecule has 0 aliphatic heterocycles. The van der Waals surface area contributed by atoms with Gasteiger partial charge in [0.15, 0.2) is 11.9 Å². The Kier molecular flexibility index (Phi) is 4.03. The van der Waals surface area contributed by atoms with Crippen LogP contribution in [-0.2, 0) is 11.2 Å². The van der Waals surface area contributed by atoms with Crippen LogP contribution in [0.2, 0.25) is 0 Å². The van der Waals surface area contributed by atoms with Gasteiger partial charge in [0, 0.05) is 17.8 Å². The molecule has 0 saturated heterocycles. The number of fused-ring (bicyclic) bond motifs is 1. The molecule has 1 aliphatic rings. The number of carbonyl (C=O) groups excluding carboxylic acids is 2. The van der Waals surface area contributed by atoms with Crippen molar-refractivity contribution in [1.29, 1.82) is 0 Å². The summed E-state index contributed by atoms with van der Waals surface area (Å²) in [5, 5.41) is 4.25. The molecular weight excluding hydrogens is 308 g/mol. The highest BCUT2D eigenvalue weighted by molar-refractivity contribution is 5.90. The molecule has 0 atom stereocenters. The van der Waals surface area contributed by atoms with E-state index in [1.54, 1.807) is 9.42 Å². The standard InChI is InChI=1S/C17H22N4O3/c1-5-12-8-14(21-15(19-12)11(10-22)9-18-21)20(13-6-7-13)16(23)24-17(2,3)4/h8-10,13H,5-7H2,1-4H3. The average molecular weight is 330 g/mol. The molecule has 24 heavy (non-hydrogen) atoms. The zero-order valence-corrected chi connectivity index (χ0v) is 14.4. The highest BCUT2D eigenvalue weighted by Gasteiger charge is 2.38. The lowest BCUT2D eigenvalue weighted by atomic mass is 10.2. The molecule has 0 radical (unpaired) electrons. The Morgan fingerprint density at radius 1 is 1.46 bits per heavy atom. The number of aryl methyl sites for hydroxylation is 1. The van der Waals surface area contributed by atoms with E-state index in [0.29, 0.717) is 23.4 Å². The molecule has 2 aromatic rings. The van der Waals surface area contributed by atoms with E-state index in [4.69, 9.17) is 4.74 Å². The highest BCUT2D eigenvalue weighted by Crippen LogP contribution is 2.33. The van der Waals surface area contributed by atoms with Gasteiger partial charge < -0.3 is 4.74 Å². The number of amides is 1. The Hall–Kier alpha value is -2.44. The number of hydrogen-bond acceptors (Lipinski definition) is 5. The summed E-state index contributed by atoms with van der Waals surface area (Å²) < 4.78 is 7.11. The van der Waals surface area contributed by atoms with Gasteiger partial charge in [0.2, 0.25) is 0 Å². The van der Waals surface area contributed by atoms with Crippen molar-refractivity contribution >= 4 is 23.8 Å². The van der Waals surface area contributed by atoms with Crippen LogP contribution in [-0.4, -0.2) is 38.6 Å². The maximum atomic E-state index is 12.7. The van der Waals surface area contributed by atoms with Gasteiger partial charge in [-0.1, -0.05) is 6.92 Å². The van der Waals surface area contributed by atoms with Crippen LogP contribution in [0.15, 0.2) is 12.3 Å². The van der Waals surface area contributed by atoms with Crippen LogP contribution in [0.4, 0.5) is 10.6 Å². The van der Waals surface area contributed by atoms with Crippen molar-refractivity contribution in [3.63, 3.8) is 0 Å². The maximum Gasteiger partial charge on any atom is 0.416 e. The molecule has 7 heteroatoms. The van der Waals surface area contributed by atoms with E-state index < -0.39 is 11.7 Å². The monoisotopic (exact) mass is 330 g/mol. The molecule has 1 amide bonds. The number of nitrogens with zero attached hydrogens (tertiary/aromatic N) is 4. The van der Waals surface area contributed by atoms with Crippen molar-refractivity contribution in [1.82, 2.24) is 14.6 Å². The SMILES string of the molecule is CCc1cc(N(C(=O)OC(C)(C)C)C2CC2)n2ncc(C=O)c2n1. The summed E-state index contributed by atoms with van der Waals surface area (Å²) in [4.78, 5) is 30.1. The molecule has 2 heterocycles. The minimum atomic E-state index is -0.581.